The molecule has 2 aliphatic rings. The topological polar surface area (TPSA) is 144 Å². The van der Waals surface area contributed by atoms with Gasteiger partial charge in [-0.1, -0.05) is 12.5 Å². The van der Waals surface area contributed by atoms with Gasteiger partial charge in [-0.25, -0.2) is 4.99 Å². The summed E-state index contributed by atoms with van der Waals surface area (Å²) in [5.74, 6) is 0.259. The van der Waals surface area contributed by atoms with Crippen LogP contribution in [0.3, 0.4) is 0 Å². The number of benzene rings is 1. The first-order chi connectivity index (χ1) is 11.5. The molecule has 1 spiro atoms. The molecule has 0 unspecified atom stereocenters. The lowest BCUT2D eigenvalue weighted by Crippen LogP contribution is -2.60. The predicted molar refractivity (Wildman–Crippen MR) is 92.5 cm³/mol. The standard InChI is InChI=1S/C15H19BN6O2/c17-9-10-4-5-11(16(23)24)12(8-10)22-14(19)20-13(18)21-15(22)6-2-1-3-7-15/h4-5,8,23-24H,1-3,6-7H2,(H4,18,19,20,21). The first-order valence-electron chi connectivity index (χ1n) is 7.87. The zero-order valence-electron chi connectivity index (χ0n) is 13.2. The number of nitrogens with zero attached hydrogens (tertiary/aromatic N) is 4. The summed E-state index contributed by atoms with van der Waals surface area (Å²) >= 11 is 0. The van der Waals surface area contributed by atoms with E-state index in [2.05, 4.69) is 16.1 Å². The van der Waals surface area contributed by atoms with E-state index in [0.717, 1.165) is 32.1 Å². The summed E-state index contributed by atoms with van der Waals surface area (Å²) < 4.78 is 0. The molecule has 0 atom stereocenters. The number of rotatable bonds is 2. The third kappa shape index (κ3) is 2.70. The van der Waals surface area contributed by atoms with Gasteiger partial charge in [0.2, 0.25) is 11.9 Å². The number of aliphatic imine (C=N–C) groups is 2. The van der Waals surface area contributed by atoms with Crippen LogP contribution in [0.2, 0.25) is 0 Å². The summed E-state index contributed by atoms with van der Waals surface area (Å²) in [4.78, 5) is 10.3. The Morgan fingerprint density at radius 2 is 1.92 bits per heavy atom. The van der Waals surface area contributed by atoms with Gasteiger partial charge in [0.05, 0.1) is 11.6 Å². The van der Waals surface area contributed by atoms with Crippen molar-refractivity contribution in [2.75, 3.05) is 4.90 Å². The quantitative estimate of drug-likeness (QED) is 0.531. The zero-order chi connectivity index (χ0) is 17.3. The van der Waals surface area contributed by atoms with E-state index in [4.69, 9.17) is 11.5 Å². The molecule has 1 aliphatic heterocycles. The van der Waals surface area contributed by atoms with Crippen molar-refractivity contribution >= 4 is 30.2 Å². The Morgan fingerprint density at radius 1 is 1.21 bits per heavy atom. The van der Waals surface area contributed by atoms with E-state index >= 15 is 0 Å². The second-order valence-electron chi connectivity index (χ2n) is 6.08. The second-order valence-corrected chi connectivity index (χ2v) is 6.08. The molecule has 1 aromatic carbocycles. The fourth-order valence-corrected chi connectivity index (χ4v) is 3.50. The SMILES string of the molecule is N#Cc1ccc(B(O)O)c(N2C(N)=NC(N)=NC23CCCCC3)c1. The molecule has 1 aliphatic carbocycles. The molecule has 0 radical (unpaired) electrons. The minimum atomic E-state index is -1.70. The monoisotopic (exact) mass is 326 g/mol. The van der Waals surface area contributed by atoms with E-state index in [-0.39, 0.29) is 17.4 Å². The van der Waals surface area contributed by atoms with Crippen molar-refractivity contribution in [3.63, 3.8) is 0 Å². The minimum Gasteiger partial charge on any atom is -0.423 e. The van der Waals surface area contributed by atoms with Gasteiger partial charge in [-0.2, -0.15) is 10.3 Å². The number of guanidine groups is 2. The van der Waals surface area contributed by atoms with Crippen LogP contribution < -0.4 is 21.8 Å². The van der Waals surface area contributed by atoms with Crippen molar-refractivity contribution in [3.05, 3.63) is 23.8 Å². The smallest absolute Gasteiger partial charge is 0.423 e. The Kier molecular flexibility index (Phi) is 4.17. The first kappa shape index (κ1) is 16.3. The average molecular weight is 326 g/mol. The maximum absolute atomic E-state index is 9.73. The van der Waals surface area contributed by atoms with Crippen molar-refractivity contribution in [1.29, 1.82) is 5.26 Å². The van der Waals surface area contributed by atoms with Gasteiger partial charge < -0.3 is 21.5 Å². The van der Waals surface area contributed by atoms with Crippen molar-refractivity contribution in [2.45, 2.75) is 37.8 Å². The lowest BCUT2D eigenvalue weighted by molar-refractivity contribution is 0.305. The van der Waals surface area contributed by atoms with Crippen molar-refractivity contribution in [2.24, 2.45) is 21.5 Å². The van der Waals surface area contributed by atoms with Crippen LogP contribution in [0.5, 0.6) is 0 Å². The van der Waals surface area contributed by atoms with Crippen LogP contribution in [0.25, 0.3) is 0 Å². The zero-order valence-corrected chi connectivity index (χ0v) is 13.2. The Balaban J connectivity index is 2.19. The summed E-state index contributed by atoms with van der Waals surface area (Å²) in [5, 5.41) is 28.7. The molecule has 1 saturated carbocycles. The fraction of sp³-hybridized carbons (Fsp3) is 0.400. The van der Waals surface area contributed by atoms with E-state index in [1.807, 2.05) is 0 Å². The van der Waals surface area contributed by atoms with Crippen molar-refractivity contribution < 1.29 is 10.0 Å². The third-order valence-electron chi connectivity index (χ3n) is 4.53. The molecule has 0 bridgehead atoms. The number of nitriles is 1. The molecule has 8 nitrogen and oxygen atoms in total. The predicted octanol–water partition coefficient (Wildman–Crippen LogP) is -0.652. The number of nitrogens with two attached hydrogens (primary N) is 2. The Morgan fingerprint density at radius 3 is 2.54 bits per heavy atom. The molecule has 1 aromatic rings. The molecule has 9 heteroatoms. The minimum absolute atomic E-state index is 0.119. The highest BCUT2D eigenvalue weighted by atomic mass is 16.4. The Labute approximate surface area is 140 Å². The van der Waals surface area contributed by atoms with Crippen LogP contribution in [0.4, 0.5) is 5.69 Å². The summed E-state index contributed by atoms with van der Waals surface area (Å²) in [5.41, 5.74) is 12.3. The van der Waals surface area contributed by atoms with Crippen LogP contribution in [-0.2, 0) is 0 Å². The van der Waals surface area contributed by atoms with Crippen LogP contribution in [-0.4, -0.2) is 34.7 Å². The summed E-state index contributed by atoms with van der Waals surface area (Å²) in [7, 11) is -1.70. The molecule has 1 fully saturated rings. The number of hydrogen-bond donors (Lipinski definition) is 4. The average Bonchev–Trinajstić information content (AvgIpc) is 2.54. The molecule has 3 rings (SSSR count). The van der Waals surface area contributed by atoms with Gasteiger partial charge in [-0.05, 0) is 37.8 Å². The molecule has 24 heavy (non-hydrogen) atoms. The first-order valence-corrected chi connectivity index (χ1v) is 7.87. The van der Waals surface area contributed by atoms with E-state index in [9.17, 15) is 15.3 Å². The van der Waals surface area contributed by atoms with E-state index in [1.165, 1.54) is 12.1 Å². The fourth-order valence-electron chi connectivity index (χ4n) is 3.50. The van der Waals surface area contributed by atoms with Gasteiger partial charge in [0.25, 0.3) is 0 Å². The van der Waals surface area contributed by atoms with Gasteiger partial charge in [-0.15, -0.1) is 0 Å². The van der Waals surface area contributed by atoms with E-state index < -0.39 is 12.8 Å². The maximum atomic E-state index is 9.73. The van der Waals surface area contributed by atoms with Crippen LogP contribution in [0.15, 0.2) is 28.2 Å². The molecule has 0 aromatic heterocycles. The van der Waals surface area contributed by atoms with Gasteiger partial charge in [0.1, 0.15) is 5.66 Å². The van der Waals surface area contributed by atoms with Crippen LogP contribution >= 0.6 is 0 Å². The van der Waals surface area contributed by atoms with Crippen LogP contribution in [0, 0.1) is 11.3 Å². The molecule has 6 N–H and O–H groups in total. The third-order valence-corrected chi connectivity index (χ3v) is 4.53. The van der Waals surface area contributed by atoms with Gasteiger partial charge >= 0.3 is 7.12 Å². The lowest BCUT2D eigenvalue weighted by Gasteiger charge is -2.46. The lowest BCUT2D eigenvalue weighted by atomic mass is 9.77. The molecule has 0 saturated heterocycles. The largest absolute Gasteiger partial charge is 0.490 e. The molecular formula is C15H19BN6O2. The van der Waals surface area contributed by atoms with E-state index in [1.54, 1.807) is 11.0 Å². The second kappa shape index (κ2) is 6.15. The number of anilines is 1. The highest BCUT2D eigenvalue weighted by Crippen LogP contribution is 2.39. The molecular weight excluding hydrogens is 307 g/mol. The Hall–Kier alpha value is -2.57. The molecule has 124 valence electrons. The van der Waals surface area contributed by atoms with Crippen molar-refractivity contribution in [3.8, 4) is 6.07 Å². The highest BCUT2D eigenvalue weighted by molar-refractivity contribution is 6.60. The highest BCUT2D eigenvalue weighted by Gasteiger charge is 2.44. The van der Waals surface area contributed by atoms with Gasteiger partial charge in [-0.3, -0.25) is 4.90 Å². The maximum Gasteiger partial charge on any atom is 0.490 e. The molecule has 0 amide bonds. The summed E-state index contributed by atoms with van der Waals surface area (Å²) in [6.45, 7) is 0. The van der Waals surface area contributed by atoms with Gasteiger partial charge in [0, 0.05) is 11.2 Å². The number of hydrogen-bond acceptors (Lipinski definition) is 8. The molecule has 1 heterocycles. The summed E-state index contributed by atoms with van der Waals surface area (Å²) in [6, 6.07) is 6.66. The van der Waals surface area contributed by atoms with Crippen LogP contribution in [0.1, 0.15) is 37.7 Å². The van der Waals surface area contributed by atoms with Gasteiger partial charge in [0.15, 0.2) is 0 Å². The Bertz CT molecular complexity index is 749. The van der Waals surface area contributed by atoms with Crippen molar-refractivity contribution in [1.82, 2.24) is 0 Å². The van der Waals surface area contributed by atoms with E-state index in [0.29, 0.717) is 11.3 Å². The normalized spacial score (nSPS) is 19.5. The summed E-state index contributed by atoms with van der Waals surface area (Å²) in [6.07, 6.45) is 4.45.